The molecule has 35 heavy (non-hydrogen) atoms. The van der Waals surface area contributed by atoms with Crippen molar-refractivity contribution in [3.63, 3.8) is 0 Å². The third-order valence-electron chi connectivity index (χ3n) is 5.96. The zero-order valence-electron chi connectivity index (χ0n) is 21.7. The van der Waals surface area contributed by atoms with Crippen molar-refractivity contribution >= 4 is 17.7 Å². The molecule has 1 unspecified atom stereocenters. The van der Waals surface area contributed by atoms with Gasteiger partial charge in [0.1, 0.15) is 5.82 Å². The highest BCUT2D eigenvalue weighted by molar-refractivity contribution is 5.72. The highest BCUT2D eigenvalue weighted by Gasteiger charge is 2.23. The molecule has 0 aliphatic carbocycles. The van der Waals surface area contributed by atoms with Crippen molar-refractivity contribution in [1.82, 2.24) is 14.9 Å². The van der Waals surface area contributed by atoms with Gasteiger partial charge in [0.2, 0.25) is 5.95 Å². The summed E-state index contributed by atoms with van der Waals surface area (Å²) in [5.41, 5.74) is 8.02. The SMILES string of the molecule is CCCC(CC)N(O)c1nc(N)nc(C)c1Cc1ccc(CC(=O)OCCCCN(C)C)cc1F. The highest BCUT2D eigenvalue weighted by atomic mass is 19.1. The molecule has 0 bridgehead atoms. The summed E-state index contributed by atoms with van der Waals surface area (Å²) in [5, 5.41) is 12.0. The Morgan fingerprint density at radius 1 is 1.23 bits per heavy atom. The second-order valence-electron chi connectivity index (χ2n) is 9.17. The number of nitrogens with two attached hydrogens (primary N) is 1. The Kier molecular flexibility index (Phi) is 11.3. The number of benzene rings is 1. The van der Waals surface area contributed by atoms with Gasteiger partial charge in [-0.2, -0.15) is 4.98 Å². The molecule has 0 fully saturated rings. The maximum absolute atomic E-state index is 15.0. The number of aromatic nitrogens is 2. The van der Waals surface area contributed by atoms with Gasteiger partial charge in [0.25, 0.3) is 0 Å². The lowest BCUT2D eigenvalue weighted by Gasteiger charge is -2.28. The monoisotopic (exact) mass is 489 g/mol. The van der Waals surface area contributed by atoms with Crippen LogP contribution >= 0.6 is 0 Å². The Morgan fingerprint density at radius 2 is 1.97 bits per heavy atom. The van der Waals surface area contributed by atoms with Crippen LogP contribution in [-0.2, 0) is 22.4 Å². The van der Waals surface area contributed by atoms with Crippen LogP contribution in [-0.4, -0.2) is 59.3 Å². The maximum atomic E-state index is 15.0. The minimum Gasteiger partial charge on any atom is -0.465 e. The quantitative estimate of drug-likeness (QED) is 0.230. The van der Waals surface area contributed by atoms with Crippen LogP contribution in [0.2, 0.25) is 0 Å². The summed E-state index contributed by atoms with van der Waals surface area (Å²) < 4.78 is 20.3. The minimum absolute atomic E-state index is 0.0136. The van der Waals surface area contributed by atoms with Crippen LogP contribution in [0.4, 0.5) is 16.2 Å². The van der Waals surface area contributed by atoms with E-state index < -0.39 is 5.82 Å². The van der Waals surface area contributed by atoms with Crippen molar-refractivity contribution in [3.05, 3.63) is 46.4 Å². The van der Waals surface area contributed by atoms with E-state index in [-0.39, 0.29) is 30.8 Å². The number of unbranched alkanes of at least 4 members (excludes halogenated alkanes) is 1. The normalized spacial score (nSPS) is 12.1. The van der Waals surface area contributed by atoms with E-state index in [1.165, 1.54) is 6.07 Å². The summed E-state index contributed by atoms with van der Waals surface area (Å²) in [6.07, 6.45) is 4.35. The zero-order chi connectivity index (χ0) is 26.0. The van der Waals surface area contributed by atoms with Gasteiger partial charge >= 0.3 is 5.97 Å². The van der Waals surface area contributed by atoms with Gasteiger partial charge in [0.15, 0.2) is 5.82 Å². The molecule has 0 spiro atoms. The smallest absolute Gasteiger partial charge is 0.310 e. The van der Waals surface area contributed by atoms with Crippen molar-refractivity contribution in [1.29, 1.82) is 0 Å². The summed E-state index contributed by atoms with van der Waals surface area (Å²) >= 11 is 0. The van der Waals surface area contributed by atoms with Crippen LogP contribution in [0.25, 0.3) is 0 Å². The van der Waals surface area contributed by atoms with Gasteiger partial charge in [-0.15, -0.1) is 0 Å². The van der Waals surface area contributed by atoms with Crippen molar-refractivity contribution < 1.29 is 19.1 Å². The summed E-state index contributed by atoms with van der Waals surface area (Å²) in [5.74, 6) is -0.447. The van der Waals surface area contributed by atoms with Crippen molar-refractivity contribution in [2.24, 2.45) is 0 Å². The molecule has 3 N–H and O–H groups in total. The molecule has 9 heteroatoms. The van der Waals surface area contributed by atoms with Gasteiger partial charge in [-0.1, -0.05) is 32.4 Å². The van der Waals surface area contributed by atoms with Crippen LogP contribution in [0.1, 0.15) is 68.3 Å². The van der Waals surface area contributed by atoms with Crippen LogP contribution < -0.4 is 10.8 Å². The number of rotatable bonds is 14. The van der Waals surface area contributed by atoms with Crippen molar-refractivity contribution in [2.75, 3.05) is 38.0 Å². The predicted molar refractivity (Wildman–Crippen MR) is 136 cm³/mol. The molecule has 1 atom stereocenters. The van der Waals surface area contributed by atoms with Crippen LogP contribution in [0.3, 0.4) is 0 Å². The van der Waals surface area contributed by atoms with Gasteiger partial charge in [0, 0.05) is 17.7 Å². The number of hydrogen-bond acceptors (Lipinski definition) is 8. The molecule has 0 aliphatic rings. The number of carbonyl (C=O) groups excluding carboxylic acids is 1. The average Bonchev–Trinajstić information content (AvgIpc) is 2.79. The topological polar surface area (TPSA) is 105 Å². The minimum atomic E-state index is -0.437. The predicted octanol–water partition coefficient (Wildman–Crippen LogP) is 4.30. The molecule has 1 heterocycles. The fraction of sp³-hybridized carbons (Fsp3) is 0.577. The number of esters is 1. The van der Waals surface area contributed by atoms with Gasteiger partial charge in [-0.3, -0.25) is 10.0 Å². The average molecular weight is 490 g/mol. The molecule has 2 aromatic rings. The second-order valence-corrected chi connectivity index (χ2v) is 9.17. The summed E-state index contributed by atoms with van der Waals surface area (Å²) in [7, 11) is 4.00. The number of hydroxylamine groups is 1. The van der Waals surface area contributed by atoms with Gasteiger partial charge < -0.3 is 15.4 Å². The van der Waals surface area contributed by atoms with Gasteiger partial charge in [-0.05, 0) is 70.4 Å². The maximum Gasteiger partial charge on any atom is 0.310 e. The van der Waals surface area contributed by atoms with Crippen LogP contribution in [0.5, 0.6) is 0 Å². The van der Waals surface area contributed by atoms with Crippen molar-refractivity contribution in [3.8, 4) is 0 Å². The fourth-order valence-corrected chi connectivity index (χ4v) is 3.97. The number of halogens is 1. The molecule has 0 amide bonds. The van der Waals surface area contributed by atoms with E-state index in [4.69, 9.17) is 10.5 Å². The summed E-state index contributed by atoms with van der Waals surface area (Å²) in [6.45, 7) is 7.12. The first-order chi connectivity index (χ1) is 16.7. The number of ether oxygens (including phenoxy) is 1. The molecule has 1 aromatic heterocycles. The number of aryl methyl sites for hydroxylation is 1. The van der Waals surface area contributed by atoms with Gasteiger partial charge in [-0.25, -0.2) is 14.4 Å². The molecule has 0 radical (unpaired) electrons. The Balaban J connectivity index is 2.12. The van der Waals surface area contributed by atoms with Crippen LogP contribution in [0.15, 0.2) is 18.2 Å². The highest BCUT2D eigenvalue weighted by Crippen LogP contribution is 2.28. The lowest BCUT2D eigenvalue weighted by molar-refractivity contribution is -0.142. The number of anilines is 2. The number of nitrogen functional groups attached to an aromatic ring is 1. The lowest BCUT2D eigenvalue weighted by atomic mass is 10.00. The summed E-state index contributed by atoms with van der Waals surface area (Å²) in [6, 6.07) is 4.60. The molecule has 1 aromatic carbocycles. The molecule has 2 rings (SSSR count). The molecule has 8 nitrogen and oxygen atoms in total. The van der Waals surface area contributed by atoms with E-state index in [0.717, 1.165) is 43.7 Å². The van der Waals surface area contributed by atoms with E-state index in [9.17, 15) is 10.0 Å². The molecule has 0 aliphatic heterocycles. The molecule has 0 saturated heterocycles. The van der Waals surface area contributed by atoms with E-state index >= 15 is 4.39 Å². The Labute approximate surface area is 208 Å². The van der Waals surface area contributed by atoms with Gasteiger partial charge in [0.05, 0.1) is 19.1 Å². The third kappa shape index (κ3) is 8.74. The number of nitrogens with zero attached hydrogens (tertiary/aromatic N) is 4. The molecular weight excluding hydrogens is 449 g/mol. The Bertz CT molecular complexity index is 970. The number of hydrogen-bond donors (Lipinski definition) is 2. The standard InChI is InChI=1S/C26H40FN5O3/c1-6-10-21(7-2)32(34)25-22(18(3)29-26(28)30-25)17-20-12-11-19(15-23(20)27)16-24(33)35-14-9-8-13-31(4)5/h11-12,15,21,34H,6-10,13-14,16-17H2,1-5H3,(H2,28,29,30). The first-order valence-electron chi connectivity index (χ1n) is 12.3. The largest absolute Gasteiger partial charge is 0.465 e. The zero-order valence-corrected chi connectivity index (χ0v) is 21.7. The third-order valence-corrected chi connectivity index (χ3v) is 5.96. The van der Waals surface area contributed by atoms with E-state index in [2.05, 4.69) is 21.8 Å². The van der Waals surface area contributed by atoms with E-state index in [0.29, 0.717) is 34.8 Å². The van der Waals surface area contributed by atoms with E-state index in [1.807, 2.05) is 21.0 Å². The van der Waals surface area contributed by atoms with E-state index in [1.54, 1.807) is 19.1 Å². The molecule has 194 valence electrons. The number of carbonyl (C=O) groups is 1. The Hall–Kier alpha value is -2.78. The van der Waals surface area contributed by atoms with Crippen LogP contribution in [0, 0.1) is 12.7 Å². The molecule has 0 saturated carbocycles. The fourth-order valence-electron chi connectivity index (χ4n) is 3.97. The second kappa shape index (κ2) is 13.9. The lowest BCUT2D eigenvalue weighted by Crippen LogP contribution is -2.33. The first kappa shape index (κ1) is 28.5. The molecular formula is C26H40FN5O3. The van der Waals surface area contributed by atoms with Crippen molar-refractivity contribution in [2.45, 2.75) is 71.8 Å². The first-order valence-corrected chi connectivity index (χ1v) is 12.3. The summed E-state index contributed by atoms with van der Waals surface area (Å²) in [4.78, 5) is 22.7. The Morgan fingerprint density at radius 3 is 2.60 bits per heavy atom.